The third-order valence-corrected chi connectivity index (χ3v) is 3.85. The molecular formula is C18H25NO5S. The Labute approximate surface area is 152 Å². The van der Waals surface area contributed by atoms with Crippen LogP contribution in [-0.4, -0.2) is 47.6 Å². The number of hydrogen-bond donors (Lipinski definition) is 1. The number of rotatable bonds is 8. The van der Waals surface area contributed by atoms with Gasteiger partial charge in [-0.05, 0) is 39.8 Å². The molecule has 0 aliphatic rings. The van der Waals surface area contributed by atoms with Crippen molar-refractivity contribution < 1.29 is 23.9 Å². The van der Waals surface area contributed by atoms with Crippen LogP contribution >= 0.6 is 11.8 Å². The molecule has 138 valence electrons. The Kier molecular flexibility index (Phi) is 8.48. The highest BCUT2D eigenvalue weighted by atomic mass is 32.2. The van der Waals surface area contributed by atoms with Crippen LogP contribution in [-0.2, 0) is 19.1 Å². The summed E-state index contributed by atoms with van der Waals surface area (Å²) in [6, 6.07) is 7.75. The standard InChI is InChI=1S/C18H25NO5S/c1-5-23-15(20)12-25-11-14(17(22)24-18(2,3)4)19-16(21)13-9-7-6-8-10-13/h6-10,14H,5,11-12H2,1-4H3,(H,19,21)/t14-/m1/s1. The first-order valence-corrected chi connectivity index (χ1v) is 9.20. The maximum absolute atomic E-state index is 12.4. The summed E-state index contributed by atoms with van der Waals surface area (Å²) in [6.45, 7) is 7.30. The monoisotopic (exact) mass is 367 g/mol. The Morgan fingerprint density at radius 2 is 1.80 bits per heavy atom. The molecule has 0 bridgehead atoms. The van der Waals surface area contributed by atoms with Crippen molar-refractivity contribution >= 4 is 29.6 Å². The lowest BCUT2D eigenvalue weighted by atomic mass is 10.2. The lowest BCUT2D eigenvalue weighted by Gasteiger charge is -2.24. The van der Waals surface area contributed by atoms with Gasteiger partial charge in [0.15, 0.2) is 0 Å². The molecule has 0 radical (unpaired) electrons. The number of hydrogen-bond acceptors (Lipinski definition) is 6. The van der Waals surface area contributed by atoms with E-state index in [0.717, 1.165) is 0 Å². The van der Waals surface area contributed by atoms with Gasteiger partial charge in [-0.3, -0.25) is 9.59 Å². The molecule has 0 aliphatic heterocycles. The molecule has 0 aliphatic carbocycles. The first kappa shape index (κ1) is 21.0. The van der Waals surface area contributed by atoms with Crippen LogP contribution in [0.2, 0.25) is 0 Å². The van der Waals surface area contributed by atoms with Gasteiger partial charge in [-0.1, -0.05) is 18.2 Å². The largest absolute Gasteiger partial charge is 0.465 e. The Bertz CT molecular complexity index is 583. The minimum absolute atomic E-state index is 0.106. The minimum Gasteiger partial charge on any atom is -0.465 e. The highest BCUT2D eigenvalue weighted by Gasteiger charge is 2.27. The fourth-order valence-corrected chi connectivity index (χ4v) is 2.66. The number of benzene rings is 1. The van der Waals surface area contributed by atoms with Gasteiger partial charge in [0, 0.05) is 11.3 Å². The summed E-state index contributed by atoms with van der Waals surface area (Å²) in [5.41, 5.74) is -0.218. The second-order valence-corrected chi connectivity index (χ2v) is 7.28. The lowest BCUT2D eigenvalue weighted by Crippen LogP contribution is -2.46. The first-order chi connectivity index (χ1) is 11.7. The number of carbonyl (C=O) groups excluding carboxylic acids is 3. The van der Waals surface area contributed by atoms with E-state index in [-0.39, 0.29) is 23.4 Å². The van der Waals surface area contributed by atoms with E-state index in [0.29, 0.717) is 12.2 Å². The van der Waals surface area contributed by atoms with E-state index in [9.17, 15) is 14.4 Å². The van der Waals surface area contributed by atoms with E-state index < -0.39 is 17.6 Å². The average Bonchev–Trinajstić information content (AvgIpc) is 2.53. The van der Waals surface area contributed by atoms with Crippen molar-refractivity contribution in [3.63, 3.8) is 0 Å². The van der Waals surface area contributed by atoms with E-state index in [4.69, 9.17) is 9.47 Å². The van der Waals surface area contributed by atoms with E-state index in [1.807, 2.05) is 0 Å². The second kappa shape index (κ2) is 10.1. The van der Waals surface area contributed by atoms with Crippen molar-refractivity contribution in [1.29, 1.82) is 0 Å². The molecule has 7 heteroatoms. The van der Waals surface area contributed by atoms with Gasteiger partial charge in [-0.25, -0.2) is 4.79 Å². The van der Waals surface area contributed by atoms with Crippen LogP contribution in [0.1, 0.15) is 38.1 Å². The van der Waals surface area contributed by atoms with Gasteiger partial charge in [-0.15, -0.1) is 11.8 Å². The summed E-state index contributed by atoms with van der Waals surface area (Å²) in [5, 5.41) is 2.67. The zero-order chi connectivity index (χ0) is 18.9. The molecule has 0 fully saturated rings. The summed E-state index contributed by atoms with van der Waals surface area (Å²) in [5.74, 6) is -0.938. The van der Waals surface area contributed by atoms with E-state index in [1.165, 1.54) is 11.8 Å². The van der Waals surface area contributed by atoms with Crippen molar-refractivity contribution in [2.45, 2.75) is 39.3 Å². The summed E-state index contributed by atoms with van der Waals surface area (Å²) < 4.78 is 10.2. The maximum atomic E-state index is 12.4. The predicted molar refractivity (Wildman–Crippen MR) is 97.5 cm³/mol. The smallest absolute Gasteiger partial charge is 0.330 e. The highest BCUT2D eigenvalue weighted by molar-refractivity contribution is 8.00. The second-order valence-electron chi connectivity index (χ2n) is 6.25. The van der Waals surface area contributed by atoms with Gasteiger partial charge in [0.2, 0.25) is 0 Å². The first-order valence-electron chi connectivity index (χ1n) is 8.05. The van der Waals surface area contributed by atoms with Gasteiger partial charge in [0.1, 0.15) is 11.6 Å². The quantitative estimate of drug-likeness (QED) is 0.711. The van der Waals surface area contributed by atoms with Crippen LogP contribution in [0.5, 0.6) is 0 Å². The molecule has 0 heterocycles. The fourth-order valence-electron chi connectivity index (χ4n) is 1.84. The van der Waals surface area contributed by atoms with Gasteiger partial charge >= 0.3 is 11.9 Å². The molecule has 1 atom stereocenters. The number of amides is 1. The predicted octanol–water partition coefficient (Wildman–Crippen LogP) is 2.42. The van der Waals surface area contributed by atoms with E-state index in [2.05, 4.69) is 5.32 Å². The average molecular weight is 367 g/mol. The summed E-state index contributed by atoms with van der Waals surface area (Å²) >= 11 is 1.21. The summed E-state index contributed by atoms with van der Waals surface area (Å²) in [4.78, 5) is 36.1. The molecule has 25 heavy (non-hydrogen) atoms. The van der Waals surface area contributed by atoms with Crippen molar-refractivity contribution in [2.24, 2.45) is 0 Å². The molecule has 1 N–H and O–H groups in total. The van der Waals surface area contributed by atoms with Crippen molar-refractivity contribution in [1.82, 2.24) is 5.32 Å². The number of esters is 2. The van der Waals surface area contributed by atoms with Crippen LogP contribution < -0.4 is 5.32 Å². The molecule has 1 amide bonds. The van der Waals surface area contributed by atoms with Gasteiger partial charge in [0.05, 0.1) is 12.4 Å². The van der Waals surface area contributed by atoms with Crippen LogP contribution in [0, 0.1) is 0 Å². The molecule has 1 aromatic rings. The zero-order valence-electron chi connectivity index (χ0n) is 15.0. The number of nitrogens with one attached hydrogen (secondary N) is 1. The zero-order valence-corrected chi connectivity index (χ0v) is 15.9. The lowest BCUT2D eigenvalue weighted by molar-refractivity contribution is -0.156. The number of carbonyl (C=O) groups is 3. The van der Waals surface area contributed by atoms with Crippen LogP contribution in [0.3, 0.4) is 0 Å². The Balaban J connectivity index is 2.71. The summed E-state index contributed by atoms with van der Waals surface area (Å²) in [7, 11) is 0. The third kappa shape index (κ3) is 8.58. The number of ether oxygens (including phenoxy) is 2. The Hall–Kier alpha value is -2.02. The van der Waals surface area contributed by atoms with E-state index >= 15 is 0 Å². The van der Waals surface area contributed by atoms with Gasteiger partial charge in [-0.2, -0.15) is 0 Å². The summed E-state index contributed by atoms with van der Waals surface area (Å²) in [6.07, 6.45) is 0. The molecule has 0 aromatic heterocycles. The van der Waals surface area contributed by atoms with Gasteiger partial charge < -0.3 is 14.8 Å². The minimum atomic E-state index is -0.855. The third-order valence-electron chi connectivity index (χ3n) is 2.84. The van der Waals surface area contributed by atoms with Crippen molar-refractivity contribution in [3.8, 4) is 0 Å². The van der Waals surface area contributed by atoms with Crippen LogP contribution in [0.4, 0.5) is 0 Å². The molecule has 6 nitrogen and oxygen atoms in total. The molecule has 1 aromatic carbocycles. The molecule has 0 saturated carbocycles. The van der Waals surface area contributed by atoms with Gasteiger partial charge in [0.25, 0.3) is 5.91 Å². The van der Waals surface area contributed by atoms with Crippen molar-refractivity contribution in [3.05, 3.63) is 35.9 Å². The van der Waals surface area contributed by atoms with Crippen LogP contribution in [0.25, 0.3) is 0 Å². The van der Waals surface area contributed by atoms with Crippen molar-refractivity contribution in [2.75, 3.05) is 18.1 Å². The molecular weight excluding hydrogens is 342 g/mol. The normalized spacial score (nSPS) is 12.2. The number of thioether (sulfide) groups is 1. The van der Waals surface area contributed by atoms with E-state index in [1.54, 1.807) is 58.0 Å². The topological polar surface area (TPSA) is 81.7 Å². The SMILES string of the molecule is CCOC(=O)CSC[C@@H](NC(=O)c1ccccc1)C(=O)OC(C)(C)C. The molecule has 1 rings (SSSR count). The Morgan fingerprint density at radius 3 is 2.36 bits per heavy atom. The Morgan fingerprint density at radius 1 is 1.16 bits per heavy atom. The molecule has 0 saturated heterocycles. The molecule has 0 unspecified atom stereocenters. The maximum Gasteiger partial charge on any atom is 0.330 e. The highest BCUT2D eigenvalue weighted by Crippen LogP contribution is 2.12. The molecule has 0 spiro atoms. The van der Waals surface area contributed by atoms with Crippen LogP contribution in [0.15, 0.2) is 30.3 Å². The fraction of sp³-hybridized carbons (Fsp3) is 0.500.